The second-order valence-corrected chi connectivity index (χ2v) is 5.62. The van der Waals surface area contributed by atoms with Crippen LogP contribution in [0.3, 0.4) is 0 Å². The molecule has 17 heavy (non-hydrogen) atoms. The standard InChI is InChI=1S/C13H9Br2ClO/c14-11-6-10(16)7-12(15)13(11)17-8-9-4-2-1-3-5-9/h1-7H,8H2. The van der Waals surface area contributed by atoms with Crippen LogP contribution in [0.2, 0.25) is 5.02 Å². The van der Waals surface area contributed by atoms with Crippen molar-refractivity contribution in [2.45, 2.75) is 6.61 Å². The summed E-state index contributed by atoms with van der Waals surface area (Å²) in [6.07, 6.45) is 0. The minimum absolute atomic E-state index is 0.527. The highest BCUT2D eigenvalue weighted by molar-refractivity contribution is 9.11. The number of benzene rings is 2. The summed E-state index contributed by atoms with van der Waals surface area (Å²) in [5.41, 5.74) is 1.13. The van der Waals surface area contributed by atoms with Gasteiger partial charge >= 0.3 is 0 Å². The lowest BCUT2D eigenvalue weighted by Crippen LogP contribution is -1.96. The summed E-state index contributed by atoms with van der Waals surface area (Å²) >= 11 is 12.8. The van der Waals surface area contributed by atoms with Crippen molar-refractivity contribution in [3.05, 3.63) is 62.0 Å². The largest absolute Gasteiger partial charge is 0.487 e. The summed E-state index contributed by atoms with van der Waals surface area (Å²) in [6.45, 7) is 0.527. The van der Waals surface area contributed by atoms with E-state index in [1.807, 2.05) is 42.5 Å². The van der Waals surface area contributed by atoms with Crippen LogP contribution >= 0.6 is 43.5 Å². The van der Waals surface area contributed by atoms with Gasteiger partial charge < -0.3 is 4.74 Å². The summed E-state index contributed by atoms with van der Waals surface area (Å²) in [4.78, 5) is 0. The predicted octanol–water partition coefficient (Wildman–Crippen LogP) is 5.44. The summed E-state index contributed by atoms with van der Waals surface area (Å²) in [6, 6.07) is 13.6. The van der Waals surface area contributed by atoms with Crippen molar-refractivity contribution in [3.63, 3.8) is 0 Å². The first-order valence-corrected chi connectivity index (χ1v) is 6.94. The van der Waals surface area contributed by atoms with Gasteiger partial charge in [-0.15, -0.1) is 0 Å². The van der Waals surface area contributed by atoms with E-state index in [4.69, 9.17) is 16.3 Å². The third-order valence-corrected chi connectivity index (χ3v) is 3.59. The molecule has 0 aliphatic carbocycles. The molecule has 0 atom stereocenters. The molecular formula is C13H9Br2ClO. The molecule has 0 saturated carbocycles. The lowest BCUT2D eigenvalue weighted by molar-refractivity contribution is 0.302. The maximum absolute atomic E-state index is 5.92. The van der Waals surface area contributed by atoms with E-state index >= 15 is 0 Å². The molecular weight excluding hydrogens is 367 g/mol. The van der Waals surface area contributed by atoms with Gasteiger partial charge in [0, 0.05) is 5.02 Å². The Bertz CT molecular complexity index is 491. The molecule has 0 aliphatic heterocycles. The Labute approximate surface area is 122 Å². The number of ether oxygens (including phenoxy) is 1. The predicted molar refractivity (Wildman–Crippen MR) is 77.6 cm³/mol. The monoisotopic (exact) mass is 374 g/mol. The van der Waals surface area contributed by atoms with Gasteiger partial charge in [-0.05, 0) is 49.6 Å². The lowest BCUT2D eigenvalue weighted by Gasteiger charge is -2.10. The van der Waals surface area contributed by atoms with Gasteiger partial charge in [0.1, 0.15) is 12.4 Å². The van der Waals surface area contributed by atoms with Crippen LogP contribution in [0.1, 0.15) is 5.56 Å². The second kappa shape index (κ2) is 5.89. The Morgan fingerprint density at radius 1 is 1.00 bits per heavy atom. The fourth-order valence-electron chi connectivity index (χ4n) is 1.40. The van der Waals surface area contributed by atoms with E-state index in [0.29, 0.717) is 11.6 Å². The van der Waals surface area contributed by atoms with E-state index < -0.39 is 0 Å². The first-order chi connectivity index (χ1) is 8.16. The van der Waals surface area contributed by atoms with Crippen LogP contribution in [0.5, 0.6) is 5.75 Å². The molecule has 0 amide bonds. The van der Waals surface area contributed by atoms with Gasteiger partial charge in [-0.1, -0.05) is 41.9 Å². The van der Waals surface area contributed by atoms with Crippen molar-refractivity contribution in [2.24, 2.45) is 0 Å². The van der Waals surface area contributed by atoms with Gasteiger partial charge in [0.25, 0.3) is 0 Å². The molecule has 0 unspecified atom stereocenters. The summed E-state index contributed by atoms with van der Waals surface area (Å²) in [5, 5.41) is 0.663. The summed E-state index contributed by atoms with van der Waals surface area (Å²) in [5.74, 6) is 0.762. The highest BCUT2D eigenvalue weighted by Gasteiger charge is 2.08. The van der Waals surface area contributed by atoms with Gasteiger partial charge in [0.15, 0.2) is 0 Å². The highest BCUT2D eigenvalue weighted by Crippen LogP contribution is 2.36. The third kappa shape index (κ3) is 3.47. The zero-order valence-corrected chi connectivity index (χ0v) is 12.7. The van der Waals surface area contributed by atoms with Crippen LogP contribution in [0, 0.1) is 0 Å². The van der Waals surface area contributed by atoms with E-state index in [1.54, 1.807) is 0 Å². The topological polar surface area (TPSA) is 9.23 Å². The molecule has 0 spiro atoms. The lowest BCUT2D eigenvalue weighted by atomic mass is 10.2. The van der Waals surface area contributed by atoms with E-state index in [2.05, 4.69) is 31.9 Å². The molecule has 88 valence electrons. The molecule has 2 aromatic carbocycles. The zero-order chi connectivity index (χ0) is 12.3. The normalized spacial score (nSPS) is 10.3. The van der Waals surface area contributed by atoms with Crippen LogP contribution in [0.4, 0.5) is 0 Å². The maximum Gasteiger partial charge on any atom is 0.148 e. The molecule has 0 aliphatic rings. The van der Waals surface area contributed by atoms with Crippen molar-refractivity contribution in [1.29, 1.82) is 0 Å². The Morgan fingerprint density at radius 3 is 2.18 bits per heavy atom. The van der Waals surface area contributed by atoms with E-state index in [9.17, 15) is 0 Å². The molecule has 0 fully saturated rings. The Balaban J connectivity index is 2.15. The van der Waals surface area contributed by atoms with Crippen molar-refractivity contribution < 1.29 is 4.74 Å². The van der Waals surface area contributed by atoms with E-state index in [0.717, 1.165) is 20.3 Å². The van der Waals surface area contributed by atoms with Crippen molar-refractivity contribution in [1.82, 2.24) is 0 Å². The summed E-state index contributed by atoms with van der Waals surface area (Å²) in [7, 11) is 0. The SMILES string of the molecule is Clc1cc(Br)c(OCc2ccccc2)c(Br)c1. The molecule has 1 nitrogen and oxygen atoms in total. The minimum atomic E-state index is 0.527. The fourth-order valence-corrected chi connectivity index (χ4v) is 3.29. The molecule has 0 aromatic heterocycles. The quantitative estimate of drug-likeness (QED) is 0.693. The zero-order valence-electron chi connectivity index (χ0n) is 8.79. The van der Waals surface area contributed by atoms with Crippen LogP contribution in [-0.4, -0.2) is 0 Å². The van der Waals surface area contributed by atoms with Crippen molar-refractivity contribution in [2.75, 3.05) is 0 Å². The molecule has 0 saturated heterocycles. The van der Waals surface area contributed by atoms with E-state index in [1.165, 1.54) is 0 Å². The molecule has 0 bridgehead atoms. The van der Waals surface area contributed by atoms with Crippen LogP contribution in [0.15, 0.2) is 51.4 Å². The first kappa shape index (κ1) is 12.9. The van der Waals surface area contributed by atoms with Gasteiger partial charge in [-0.25, -0.2) is 0 Å². The van der Waals surface area contributed by atoms with Crippen LogP contribution in [0.25, 0.3) is 0 Å². The summed E-state index contributed by atoms with van der Waals surface area (Å²) < 4.78 is 7.44. The van der Waals surface area contributed by atoms with Gasteiger partial charge in [-0.3, -0.25) is 0 Å². The molecule has 0 N–H and O–H groups in total. The van der Waals surface area contributed by atoms with Gasteiger partial charge in [0.2, 0.25) is 0 Å². The number of hydrogen-bond acceptors (Lipinski definition) is 1. The number of rotatable bonds is 3. The number of hydrogen-bond donors (Lipinski definition) is 0. The van der Waals surface area contributed by atoms with Gasteiger partial charge in [-0.2, -0.15) is 0 Å². The van der Waals surface area contributed by atoms with Gasteiger partial charge in [0.05, 0.1) is 8.95 Å². The smallest absolute Gasteiger partial charge is 0.148 e. The molecule has 2 rings (SSSR count). The third-order valence-electron chi connectivity index (χ3n) is 2.19. The Morgan fingerprint density at radius 2 is 1.59 bits per heavy atom. The molecule has 2 aromatic rings. The maximum atomic E-state index is 5.92. The number of halogens is 3. The highest BCUT2D eigenvalue weighted by atomic mass is 79.9. The van der Waals surface area contributed by atoms with Crippen LogP contribution < -0.4 is 4.74 Å². The fraction of sp³-hybridized carbons (Fsp3) is 0.0769. The minimum Gasteiger partial charge on any atom is -0.487 e. The Hall–Kier alpha value is -0.510. The van der Waals surface area contributed by atoms with Crippen LogP contribution in [-0.2, 0) is 6.61 Å². The van der Waals surface area contributed by atoms with Crippen molar-refractivity contribution in [3.8, 4) is 5.75 Å². The average molecular weight is 376 g/mol. The first-order valence-electron chi connectivity index (χ1n) is 4.98. The molecule has 0 radical (unpaired) electrons. The average Bonchev–Trinajstić information content (AvgIpc) is 2.29. The van der Waals surface area contributed by atoms with E-state index in [-0.39, 0.29) is 0 Å². The van der Waals surface area contributed by atoms with Crippen molar-refractivity contribution >= 4 is 43.5 Å². The second-order valence-electron chi connectivity index (χ2n) is 3.47. The Kier molecular flexibility index (Phi) is 4.48. The molecule has 4 heteroatoms. The molecule has 0 heterocycles.